The van der Waals surface area contributed by atoms with E-state index in [2.05, 4.69) is 28.2 Å². The van der Waals surface area contributed by atoms with Crippen LogP contribution in [0.5, 0.6) is 0 Å². The molecule has 0 saturated carbocycles. The number of carbonyl (C=O) groups excluding carboxylic acids is 7. The van der Waals surface area contributed by atoms with Gasteiger partial charge in [-0.1, -0.05) is 18.1 Å². The van der Waals surface area contributed by atoms with Crippen LogP contribution in [0.15, 0.2) is 22.3 Å². The molecular formula is C46H70N4O14. The first-order valence-electron chi connectivity index (χ1n) is 22.6. The Bertz CT molecular complexity index is 1780. The van der Waals surface area contributed by atoms with Gasteiger partial charge in [-0.25, -0.2) is 0 Å². The molecule has 18 nitrogen and oxygen atoms in total. The number of nitrogens with one attached hydrogen (secondary N) is 4. The predicted octanol–water partition coefficient (Wildman–Crippen LogP) is 2.50. The van der Waals surface area contributed by atoms with Gasteiger partial charge in [-0.05, 0) is 86.2 Å². The minimum atomic E-state index is -0.418. The number of esters is 7. The zero-order chi connectivity index (χ0) is 46.7. The van der Waals surface area contributed by atoms with Crippen LogP contribution in [0.4, 0.5) is 0 Å². The Balaban J connectivity index is 1.68. The molecule has 0 aromatic heterocycles. The predicted molar refractivity (Wildman–Crippen MR) is 230 cm³/mol. The molecule has 5 heterocycles. The van der Waals surface area contributed by atoms with Gasteiger partial charge in [0.05, 0.1) is 69.0 Å². The van der Waals surface area contributed by atoms with Crippen LogP contribution in [-0.4, -0.2) is 140 Å². The van der Waals surface area contributed by atoms with E-state index >= 15 is 0 Å². The Labute approximate surface area is 376 Å². The maximum absolute atomic E-state index is 13.3. The summed E-state index contributed by atoms with van der Waals surface area (Å²) in [6.07, 6.45) is 4.29. The normalized spacial score (nSPS) is 31.0. The molecule has 3 saturated heterocycles. The van der Waals surface area contributed by atoms with Crippen molar-refractivity contribution in [1.82, 2.24) is 21.3 Å². The van der Waals surface area contributed by atoms with Crippen molar-refractivity contribution < 1.29 is 66.7 Å². The lowest BCUT2D eigenvalue weighted by molar-refractivity contribution is -0.143. The van der Waals surface area contributed by atoms with E-state index < -0.39 is 23.9 Å². The van der Waals surface area contributed by atoms with E-state index in [0.29, 0.717) is 51.4 Å². The molecule has 64 heavy (non-hydrogen) atoms. The van der Waals surface area contributed by atoms with Crippen LogP contribution in [-0.2, 0) is 66.7 Å². The van der Waals surface area contributed by atoms with Gasteiger partial charge >= 0.3 is 41.8 Å². The average molecular weight is 903 g/mol. The fraction of sp³-hybridized carbons (Fsp3) is 0.761. The van der Waals surface area contributed by atoms with Crippen LogP contribution in [0, 0.1) is 23.7 Å². The molecule has 3 fully saturated rings. The molecule has 0 aromatic carbocycles. The second kappa shape index (κ2) is 23.7. The van der Waals surface area contributed by atoms with Crippen molar-refractivity contribution in [3.63, 3.8) is 0 Å². The molecule has 5 aliphatic heterocycles. The molecule has 0 radical (unpaired) electrons. The number of ether oxygens (including phenoxy) is 7. The largest absolute Gasteiger partial charge is 0.469 e. The van der Waals surface area contributed by atoms with Crippen molar-refractivity contribution in [3.8, 4) is 0 Å². The maximum atomic E-state index is 13.3. The third kappa shape index (κ3) is 12.5. The Morgan fingerprint density at radius 2 is 0.750 bits per heavy atom. The molecule has 12 atom stereocenters. The molecule has 5 rings (SSSR count). The standard InChI is InChI=1S/C46H70N4O14/c1-24-25(9-13-40(51)58-2)33-21-37-30(18-45(56)63-7)27(11-15-42(53)60-4)35(49-37)23-39-31(19-46(57)64-8)28(12-16-43(54)61-5)36(50-39)22-38-29(17-44(55)62-6)26(10-14-41(52)59-3)34(48-38)20-32(24)47-33/h24-25,28,31-39,47-50H,9-23H2,1-8H3. The van der Waals surface area contributed by atoms with Crippen LogP contribution < -0.4 is 21.3 Å². The van der Waals surface area contributed by atoms with E-state index in [4.69, 9.17) is 33.2 Å². The molecule has 5 aliphatic rings. The van der Waals surface area contributed by atoms with Crippen LogP contribution >= 0.6 is 0 Å². The fourth-order valence-corrected chi connectivity index (χ4v) is 11.5. The first-order chi connectivity index (χ1) is 30.7. The molecule has 8 bridgehead atoms. The van der Waals surface area contributed by atoms with Gasteiger partial charge in [0.25, 0.3) is 0 Å². The summed E-state index contributed by atoms with van der Waals surface area (Å²) in [6, 6.07) is -2.04. The van der Waals surface area contributed by atoms with Gasteiger partial charge in [-0.2, -0.15) is 0 Å². The van der Waals surface area contributed by atoms with Gasteiger partial charge in [-0.3, -0.25) is 33.6 Å². The second-order valence-corrected chi connectivity index (χ2v) is 17.9. The van der Waals surface area contributed by atoms with Crippen LogP contribution in [0.2, 0.25) is 0 Å². The highest BCUT2D eigenvalue weighted by molar-refractivity contribution is 5.75. The molecule has 0 spiro atoms. The number of hydrogen-bond acceptors (Lipinski definition) is 18. The van der Waals surface area contributed by atoms with Crippen LogP contribution in [0.3, 0.4) is 0 Å². The summed E-state index contributed by atoms with van der Waals surface area (Å²) in [4.78, 5) is 90.4. The van der Waals surface area contributed by atoms with Crippen molar-refractivity contribution in [2.24, 2.45) is 23.7 Å². The average Bonchev–Trinajstić information content (AvgIpc) is 3.98. The van der Waals surface area contributed by atoms with E-state index in [1.165, 1.54) is 49.8 Å². The fourth-order valence-electron chi connectivity index (χ4n) is 11.5. The number of fused-ring (bicyclic) bond motifs is 8. The highest BCUT2D eigenvalue weighted by Crippen LogP contribution is 2.45. The Morgan fingerprint density at radius 3 is 1.19 bits per heavy atom. The lowest BCUT2D eigenvalue weighted by Crippen LogP contribution is -2.46. The molecule has 0 aromatic rings. The summed E-state index contributed by atoms with van der Waals surface area (Å²) in [6.45, 7) is 2.18. The second-order valence-electron chi connectivity index (χ2n) is 17.9. The van der Waals surface area contributed by atoms with Gasteiger partial charge < -0.3 is 54.4 Å². The van der Waals surface area contributed by atoms with Crippen molar-refractivity contribution in [1.29, 1.82) is 0 Å². The number of rotatable bonds is 18. The van der Waals surface area contributed by atoms with Crippen LogP contribution in [0.1, 0.15) is 103 Å². The molecule has 18 heteroatoms. The zero-order valence-electron chi connectivity index (χ0n) is 38.8. The third-order valence-corrected chi connectivity index (χ3v) is 14.8. The first-order valence-corrected chi connectivity index (χ1v) is 22.6. The monoisotopic (exact) mass is 902 g/mol. The minimum absolute atomic E-state index is 0.00123. The van der Waals surface area contributed by atoms with Gasteiger partial charge in [0.2, 0.25) is 0 Å². The molecule has 4 N–H and O–H groups in total. The van der Waals surface area contributed by atoms with Crippen molar-refractivity contribution in [2.45, 2.75) is 152 Å². The van der Waals surface area contributed by atoms with Gasteiger partial charge in [0, 0.05) is 74.0 Å². The molecule has 0 aliphatic carbocycles. The Morgan fingerprint density at radius 1 is 0.406 bits per heavy atom. The SMILES string of the molecule is COC(=O)CCC1=C(CC(=O)OC)C2CC3NC(CC4NC(CC5NC(CC1N2)C(C)C5CCC(=O)OC)C(CC(=O)OC)=C4CCC(=O)OC)C(CC(=O)OC)C3CCC(=O)OC. The topological polar surface area (TPSA) is 232 Å². The van der Waals surface area contributed by atoms with Crippen molar-refractivity contribution in [3.05, 3.63) is 22.3 Å². The van der Waals surface area contributed by atoms with E-state index in [0.717, 1.165) is 22.3 Å². The summed E-state index contributed by atoms with van der Waals surface area (Å²) in [7, 11) is 9.46. The molecule has 12 unspecified atom stereocenters. The van der Waals surface area contributed by atoms with E-state index in [9.17, 15) is 33.6 Å². The number of hydrogen-bond donors (Lipinski definition) is 4. The van der Waals surface area contributed by atoms with E-state index in [1.54, 1.807) is 0 Å². The minimum Gasteiger partial charge on any atom is -0.469 e. The Kier molecular flexibility index (Phi) is 18.7. The van der Waals surface area contributed by atoms with Crippen LogP contribution in [0.25, 0.3) is 0 Å². The smallest absolute Gasteiger partial charge is 0.309 e. The molecular weight excluding hydrogens is 833 g/mol. The lowest BCUT2D eigenvalue weighted by Gasteiger charge is -2.29. The summed E-state index contributed by atoms with van der Waals surface area (Å²) < 4.78 is 36.0. The lowest BCUT2D eigenvalue weighted by atomic mass is 9.77. The van der Waals surface area contributed by atoms with Crippen molar-refractivity contribution in [2.75, 3.05) is 49.8 Å². The zero-order valence-corrected chi connectivity index (χ0v) is 38.8. The van der Waals surface area contributed by atoms with Gasteiger partial charge in [0.15, 0.2) is 0 Å². The van der Waals surface area contributed by atoms with Crippen molar-refractivity contribution >= 4 is 41.8 Å². The number of methoxy groups -OCH3 is 7. The summed E-state index contributed by atoms with van der Waals surface area (Å²) in [5.41, 5.74) is 3.54. The van der Waals surface area contributed by atoms with Gasteiger partial charge in [0.1, 0.15) is 0 Å². The number of carbonyl (C=O) groups is 7. The quantitative estimate of drug-likeness (QED) is 0.0879. The summed E-state index contributed by atoms with van der Waals surface area (Å²) in [5.74, 6) is -3.14. The van der Waals surface area contributed by atoms with Gasteiger partial charge in [-0.15, -0.1) is 0 Å². The molecule has 358 valence electrons. The summed E-state index contributed by atoms with van der Waals surface area (Å²) in [5, 5.41) is 15.6. The molecule has 0 amide bonds. The highest BCUT2D eigenvalue weighted by Gasteiger charge is 2.50. The Hall–Kier alpha value is -4.39. The summed E-state index contributed by atoms with van der Waals surface area (Å²) >= 11 is 0. The first kappa shape index (κ1) is 50.6. The highest BCUT2D eigenvalue weighted by atomic mass is 16.5. The third-order valence-electron chi connectivity index (χ3n) is 14.8. The maximum Gasteiger partial charge on any atom is 0.309 e. The van der Waals surface area contributed by atoms with E-state index in [-0.39, 0.29) is 135 Å². The van der Waals surface area contributed by atoms with E-state index in [1.807, 2.05) is 0 Å².